The van der Waals surface area contributed by atoms with Crippen molar-refractivity contribution in [3.8, 4) is 34.4 Å². The van der Waals surface area contributed by atoms with Gasteiger partial charge < -0.3 is 20.6 Å². The fourth-order valence-electron chi connectivity index (χ4n) is 6.27. The Morgan fingerprint density at radius 3 is 1.39 bits per heavy atom. The van der Waals surface area contributed by atoms with Gasteiger partial charge in [0.05, 0.1) is 35.9 Å². The minimum Gasteiger partial charge on any atom is -0.341 e. The summed E-state index contributed by atoms with van der Waals surface area (Å²) < 4.78 is 0. The van der Waals surface area contributed by atoms with E-state index in [1.54, 1.807) is 0 Å². The highest BCUT2D eigenvalue weighted by molar-refractivity contribution is 5.62. The van der Waals surface area contributed by atoms with Crippen molar-refractivity contribution in [2.45, 2.75) is 50.6 Å². The van der Waals surface area contributed by atoms with Crippen LogP contribution in [0.5, 0.6) is 0 Å². The van der Waals surface area contributed by atoms with Crippen molar-refractivity contribution in [3.05, 3.63) is 83.7 Å². The lowest BCUT2D eigenvalue weighted by atomic mass is 10.0. The first-order valence-corrected chi connectivity index (χ1v) is 13.9. The lowest BCUT2D eigenvalue weighted by molar-refractivity contribution is 0.543. The zero-order chi connectivity index (χ0) is 25.2. The van der Waals surface area contributed by atoms with Crippen molar-refractivity contribution in [3.63, 3.8) is 0 Å². The van der Waals surface area contributed by atoms with Crippen LogP contribution in [0, 0.1) is 22.7 Å². The Morgan fingerprint density at radius 1 is 0.605 bits per heavy atom. The largest absolute Gasteiger partial charge is 0.341 e. The summed E-state index contributed by atoms with van der Waals surface area (Å²) in [5.41, 5.74) is 7.52. The number of H-pyrrole nitrogens is 2. The van der Waals surface area contributed by atoms with Gasteiger partial charge in [-0.3, -0.25) is 0 Å². The first kappa shape index (κ1) is 22.3. The van der Waals surface area contributed by atoms with E-state index in [0.29, 0.717) is 22.9 Å². The van der Waals surface area contributed by atoms with Gasteiger partial charge in [0.25, 0.3) is 0 Å². The molecular formula is C32H32N6. The standard InChI is InChI=1S/C32H32N6/c1(21-3-7-23(8-4-21)27-17-33-29(37-27)25-15-31(11-12-31)19-35-25)2-22-5-9-24(10-6-22)28-18-34-30(38-28)26-16-32(13-14-32)20-36-26/h3-10,17-18,25-26,35-36H,11-16,19-20H2,(H,33,37)(H,34,38)/t25-,26-/m0/s1. The number of aromatic amines is 2. The van der Waals surface area contributed by atoms with Gasteiger partial charge in [-0.1, -0.05) is 36.1 Å². The topological polar surface area (TPSA) is 81.4 Å². The van der Waals surface area contributed by atoms with Crippen molar-refractivity contribution >= 4 is 0 Å². The minimum atomic E-state index is 0.359. The molecule has 2 spiro atoms. The highest BCUT2D eigenvalue weighted by Crippen LogP contribution is 2.55. The summed E-state index contributed by atoms with van der Waals surface area (Å²) in [5.74, 6) is 8.73. The lowest BCUT2D eigenvalue weighted by Gasteiger charge is -2.06. The highest BCUT2D eigenvalue weighted by Gasteiger charge is 2.49. The molecule has 4 aliphatic rings. The van der Waals surface area contributed by atoms with Crippen molar-refractivity contribution < 1.29 is 0 Å². The first-order chi connectivity index (χ1) is 18.6. The highest BCUT2D eigenvalue weighted by atomic mass is 15.1. The SMILES string of the molecule is C(#Cc1ccc(-c2cnc([C@@H]3CC4(CC4)CN3)[nH]2)cc1)c1ccc(-c2cnc([C@@H]3CC4(CC4)CN3)[nH]2)cc1. The Hall–Kier alpha value is -3.66. The van der Waals surface area contributed by atoms with Crippen LogP contribution in [0.1, 0.15) is 73.4 Å². The van der Waals surface area contributed by atoms with Crippen LogP contribution in [0.4, 0.5) is 0 Å². The van der Waals surface area contributed by atoms with Crippen LogP contribution in [0.2, 0.25) is 0 Å². The van der Waals surface area contributed by atoms with Gasteiger partial charge >= 0.3 is 0 Å². The van der Waals surface area contributed by atoms with Crippen LogP contribution in [0.25, 0.3) is 22.5 Å². The Balaban J connectivity index is 0.918. The van der Waals surface area contributed by atoms with Gasteiger partial charge in [-0.2, -0.15) is 0 Å². The molecule has 2 aliphatic carbocycles. The van der Waals surface area contributed by atoms with Crippen LogP contribution in [-0.2, 0) is 0 Å². The van der Waals surface area contributed by atoms with Crippen LogP contribution >= 0.6 is 0 Å². The molecule has 8 rings (SSSR count). The molecular weight excluding hydrogens is 468 g/mol. The summed E-state index contributed by atoms with van der Waals surface area (Å²) >= 11 is 0. The van der Waals surface area contributed by atoms with Crippen molar-refractivity contribution in [2.75, 3.05) is 13.1 Å². The van der Waals surface area contributed by atoms with Crippen LogP contribution < -0.4 is 10.6 Å². The molecule has 0 amide bonds. The molecule has 6 heteroatoms. The van der Waals surface area contributed by atoms with E-state index in [-0.39, 0.29) is 0 Å². The van der Waals surface area contributed by atoms with Crippen molar-refractivity contribution in [1.29, 1.82) is 0 Å². The van der Waals surface area contributed by atoms with Gasteiger partial charge in [0, 0.05) is 24.2 Å². The molecule has 0 radical (unpaired) electrons. The second-order valence-electron chi connectivity index (χ2n) is 12.0. The summed E-state index contributed by atoms with van der Waals surface area (Å²) in [5, 5.41) is 7.28. The van der Waals surface area contributed by atoms with E-state index < -0.39 is 0 Å². The van der Waals surface area contributed by atoms with Crippen LogP contribution in [0.3, 0.4) is 0 Å². The molecule has 4 fully saturated rings. The molecule has 2 aliphatic heterocycles. The summed E-state index contributed by atoms with van der Waals surface area (Å²) in [6.07, 6.45) is 11.8. The fraction of sp³-hybridized carbons (Fsp3) is 0.375. The molecule has 2 aromatic heterocycles. The van der Waals surface area contributed by atoms with Gasteiger partial charge in [0.2, 0.25) is 0 Å². The molecule has 2 saturated carbocycles. The summed E-state index contributed by atoms with van der Waals surface area (Å²) in [4.78, 5) is 16.4. The van der Waals surface area contributed by atoms with Gasteiger partial charge in [0.15, 0.2) is 0 Å². The molecule has 2 saturated heterocycles. The van der Waals surface area contributed by atoms with E-state index in [1.165, 1.54) is 38.5 Å². The van der Waals surface area contributed by atoms with Crippen molar-refractivity contribution in [2.24, 2.45) is 10.8 Å². The molecule has 0 bridgehead atoms. The lowest BCUT2D eigenvalue weighted by Crippen LogP contribution is -2.15. The van der Waals surface area contributed by atoms with E-state index in [1.807, 2.05) is 12.4 Å². The Labute approximate surface area is 223 Å². The number of nitrogens with one attached hydrogen (secondary N) is 4. The number of hydrogen-bond donors (Lipinski definition) is 4. The summed E-state index contributed by atoms with van der Waals surface area (Å²) in [6, 6.07) is 17.5. The minimum absolute atomic E-state index is 0.359. The second-order valence-corrected chi connectivity index (χ2v) is 12.0. The van der Waals surface area contributed by atoms with Gasteiger partial charge in [-0.25, -0.2) is 9.97 Å². The number of nitrogens with zero attached hydrogens (tertiary/aromatic N) is 2. The molecule has 190 valence electrons. The predicted octanol–water partition coefficient (Wildman–Crippen LogP) is 5.50. The molecule has 4 N–H and O–H groups in total. The Morgan fingerprint density at radius 2 is 1.03 bits per heavy atom. The van der Waals surface area contributed by atoms with E-state index in [2.05, 4.69) is 90.9 Å². The number of aromatic nitrogens is 4. The Bertz CT molecular complexity index is 1420. The third-order valence-electron chi connectivity index (χ3n) is 9.23. The summed E-state index contributed by atoms with van der Waals surface area (Å²) in [7, 11) is 0. The fourth-order valence-corrected chi connectivity index (χ4v) is 6.27. The van der Waals surface area contributed by atoms with E-state index in [0.717, 1.165) is 58.4 Å². The molecule has 2 aromatic carbocycles. The first-order valence-electron chi connectivity index (χ1n) is 13.9. The number of hydrogen-bond acceptors (Lipinski definition) is 4. The molecule has 6 nitrogen and oxygen atoms in total. The zero-order valence-corrected chi connectivity index (χ0v) is 21.5. The number of rotatable bonds is 4. The maximum Gasteiger partial charge on any atom is 0.123 e. The molecule has 0 unspecified atom stereocenters. The Kier molecular flexibility index (Phi) is 4.95. The predicted molar refractivity (Wildman–Crippen MR) is 148 cm³/mol. The van der Waals surface area contributed by atoms with Gasteiger partial charge in [-0.05, 0) is 84.7 Å². The van der Waals surface area contributed by atoms with Crippen LogP contribution in [-0.4, -0.2) is 33.0 Å². The maximum absolute atomic E-state index is 4.67. The second kappa shape index (κ2) is 8.42. The van der Waals surface area contributed by atoms with Gasteiger partial charge in [-0.15, -0.1) is 0 Å². The molecule has 38 heavy (non-hydrogen) atoms. The number of benzene rings is 2. The van der Waals surface area contributed by atoms with Crippen molar-refractivity contribution in [1.82, 2.24) is 30.6 Å². The number of imidazole rings is 2. The third kappa shape index (κ3) is 4.16. The monoisotopic (exact) mass is 500 g/mol. The van der Waals surface area contributed by atoms with Crippen LogP contribution in [0.15, 0.2) is 60.9 Å². The van der Waals surface area contributed by atoms with E-state index in [9.17, 15) is 0 Å². The zero-order valence-electron chi connectivity index (χ0n) is 21.5. The maximum atomic E-state index is 4.67. The molecule has 2 atom stereocenters. The van der Waals surface area contributed by atoms with E-state index in [4.69, 9.17) is 0 Å². The van der Waals surface area contributed by atoms with E-state index >= 15 is 0 Å². The average Bonchev–Trinajstić information content (AvgIpc) is 3.50. The molecule has 4 heterocycles. The smallest absolute Gasteiger partial charge is 0.123 e. The average molecular weight is 501 g/mol. The molecule has 4 aromatic rings. The summed E-state index contributed by atoms with van der Waals surface area (Å²) in [6.45, 7) is 2.26. The normalized spacial score (nSPS) is 24.0. The van der Waals surface area contributed by atoms with Gasteiger partial charge in [0.1, 0.15) is 11.6 Å². The third-order valence-corrected chi connectivity index (χ3v) is 9.23. The quantitative estimate of drug-likeness (QED) is 0.279.